The van der Waals surface area contributed by atoms with E-state index in [9.17, 15) is 0 Å². The molecule has 0 radical (unpaired) electrons. The van der Waals surface area contributed by atoms with Gasteiger partial charge in [0.2, 0.25) is 5.89 Å². The Hall–Kier alpha value is -1.14. The summed E-state index contributed by atoms with van der Waals surface area (Å²) in [6, 6.07) is 0.634. The Labute approximate surface area is 113 Å². The van der Waals surface area contributed by atoms with Crippen LogP contribution < -0.4 is 4.90 Å². The van der Waals surface area contributed by atoms with Gasteiger partial charge in [-0.15, -0.1) is 5.10 Å². The summed E-state index contributed by atoms with van der Waals surface area (Å²) in [5.41, 5.74) is 0. The van der Waals surface area contributed by atoms with Crippen molar-refractivity contribution < 1.29 is 9.15 Å². The lowest BCUT2D eigenvalue weighted by molar-refractivity contribution is 0.0448. The Morgan fingerprint density at radius 3 is 2.74 bits per heavy atom. The summed E-state index contributed by atoms with van der Waals surface area (Å²) in [7, 11) is 0. The van der Waals surface area contributed by atoms with Gasteiger partial charge in [-0.1, -0.05) is 5.10 Å². The number of anilines is 1. The summed E-state index contributed by atoms with van der Waals surface area (Å²) >= 11 is 0. The van der Waals surface area contributed by atoms with Crippen molar-refractivity contribution in [1.82, 2.24) is 15.1 Å². The standard InChI is InChI=1S/C13H22N4O2/c1-11-14-15-13(19-11)17-7-4-8-18-12(10-17)9-16-5-2-3-6-16/h12H,2-10H2,1H3. The van der Waals surface area contributed by atoms with E-state index in [0.717, 1.165) is 32.7 Å². The highest BCUT2D eigenvalue weighted by Gasteiger charge is 2.25. The van der Waals surface area contributed by atoms with E-state index in [-0.39, 0.29) is 6.10 Å². The van der Waals surface area contributed by atoms with Gasteiger partial charge < -0.3 is 19.0 Å². The predicted molar refractivity (Wildman–Crippen MR) is 71.3 cm³/mol. The lowest BCUT2D eigenvalue weighted by Gasteiger charge is -2.25. The molecule has 19 heavy (non-hydrogen) atoms. The molecule has 0 saturated carbocycles. The normalized spacial score (nSPS) is 25.7. The zero-order chi connectivity index (χ0) is 13.1. The number of aryl methyl sites for hydroxylation is 1. The van der Waals surface area contributed by atoms with Gasteiger partial charge in [-0.05, 0) is 32.4 Å². The average molecular weight is 266 g/mol. The second-order valence-corrected chi connectivity index (χ2v) is 5.40. The monoisotopic (exact) mass is 266 g/mol. The van der Waals surface area contributed by atoms with Crippen LogP contribution in [-0.2, 0) is 4.74 Å². The van der Waals surface area contributed by atoms with E-state index in [2.05, 4.69) is 20.0 Å². The van der Waals surface area contributed by atoms with Crippen molar-refractivity contribution >= 4 is 6.01 Å². The topological polar surface area (TPSA) is 54.6 Å². The Balaban J connectivity index is 1.62. The second-order valence-electron chi connectivity index (χ2n) is 5.40. The highest BCUT2D eigenvalue weighted by Crippen LogP contribution is 2.17. The molecule has 0 bridgehead atoms. The molecule has 2 aliphatic heterocycles. The number of aromatic nitrogens is 2. The third-order valence-corrected chi connectivity index (χ3v) is 3.80. The molecule has 2 aliphatic rings. The SMILES string of the molecule is Cc1nnc(N2CCCOC(CN3CCCC3)C2)o1. The van der Waals surface area contributed by atoms with Gasteiger partial charge >= 0.3 is 6.01 Å². The highest BCUT2D eigenvalue weighted by atomic mass is 16.5. The summed E-state index contributed by atoms with van der Waals surface area (Å²) in [5, 5.41) is 8.03. The van der Waals surface area contributed by atoms with Crippen LogP contribution in [0.25, 0.3) is 0 Å². The molecule has 2 saturated heterocycles. The summed E-state index contributed by atoms with van der Waals surface area (Å²) in [5.74, 6) is 0.622. The number of likely N-dealkylation sites (tertiary alicyclic amines) is 1. The molecular formula is C13H22N4O2. The molecule has 0 spiro atoms. The van der Waals surface area contributed by atoms with E-state index in [1.54, 1.807) is 0 Å². The van der Waals surface area contributed by atoms with E-state index in [1.807, 2.05) is 6.92 Å². The van der Waals surface area contributed by atoms with Crippen LogP contribution in [0.3, 0.4) is 0 Å². The Morgan fingerprint density at radius 1 is 1.16 bits per heavy atom. The number of nitrogens with zero attached hydrogens (tertiary/aromatic N) is 4. The average Bonchev–Trinajstić information content (AvgIpc) is 2.99. The van der Waals surface area contributed by atoms with Gasteiger partial charge in [0.25, 0.3) is 0 Å². The Morgan fingerprint density at radius 2 is 2.00 bits per heavy atom. The molecule has 1 unspecified atom stereocenters. The Kier molecular flexibility index (Phi) is 3.98. The number of ether oxygens (including phenoxy) is 1. The molecule has 6 nitrogen and oxygen atoms in total. The first kappa shape index (κ1) is 12.9. The smallest absolute Gasteiger partial charge is 0.318 e. The highest BCUT2D eigenvalue weighted by molar-refractivity contribution is 5.24. The molecule has 0 aromatic carbocycles. The Bertz CT molecular complexity index is 403. The van der Waals surface area contributed by atoms with Gasteiger partial charge in [0.1, 0.15) is 0 Å². The summed E-state index contributed by atoms with van der Waals surface area (Å²) in [4.78, 5) is 4.65. The van der Waals surface area contributed by atoms with Crippen molar-refractivity contribution in [3.8, 4) is 0 Å². The molecular weight excluding hydrogens is 244 g/mol. The molecule has 1 aromatic rings. The minimum absolute atomic E-state index is 0.243. The summed E-state index contributed by atoms with van der Waals surface area (Å²) < 4.78 is 11.5. The lowest BCUT2D eigenvalue weighted by Crippen LogP contribution is -2.39. The first-order chi connectivity index (χ1) is 9.31. The van der Waals surface area contributed by atoms with E-state index < -0.39 is 0 Å². The van der Waals surface area contributed by atoms with Gasteiger partial charge in [-0.3, -0.25) is 0 Å². The largest absolute Gasteiger partial charge is 0.408 e. The third kappa shape index (κ3) is 3.25. The van der Waals surface area contributed by atoms with E-state index >= 15 is 0 Å². The molecule has 0 N–H and O–H groups in total. The molecule has 6 heteroatoms. The van der Waals surface area contributed by atoms with Gasteiger partial charge in [0.15, 0.2) is 0 Å². The number of hydrogen-bond donors (Lipinski definition) is 0. The van der Waals surface area contributed by atoms with Crippen LogP contribution in [-0.4, -0.2) is 60.5 Å². The summed E-state index contributed by atoms with van der Waals surface area (Å²) in [6.07, 6.45) is 3.89. The van der Waals surface area contributed by atoms with Crippen molar-refractivity contribution in [2.45, 2.75) is 32.3 Å². The first-order valence-electron chi connectivity index (χ1n) is 7.20. The van der Waals surface area contributed by atoms with Crippen molar-refractivity contribution in [1.29, 1.82) is 0 Å². The van der Waals surface area contributed by atoms with Crippen LogP contribution in [0.15, 0.2) is 4.42 Å². The quantitative estimate of drug-likeness (QED) is 0.815. The van der Waals surface area contributed by atoms with E-state index in [4.69, 9.17) is 9.15 Å². The maximum Gasteiger partial charge on any atom is 0.318 e. The predicted octanol–water partition coefficient (Wildman–Crippen LogP) is 1.07. The van der Waals surface area contributed by atoms with Crippen LogP contribution in [0, 0.1) is 6.92 Å². The van der Waals surface area contributed by atoms with Crippen LogP contribution in [0.2, 0.25) is 0 Å². The second kappa shape index (κ2) is 5.88. The van der Waals surface area contributed by atoms with Crippen LogP contribution in [0.5, 0.6) is 0 Å². The molecule has 1 aromatic heterocycles. The van der Waals surface area contributed by atoms with Gasteiger partial charge in [-0.25, -0.2) is 0 Å². The zero-order valence-corrected chi connectivity index (χ0v) is 11.5. The van der Waals surface area contributed by atoms with Gasteiger partial charge in [0, 0.05) is 33.2 Å². The van der Waals surface area contributed by atoms with Gasteiger partial charge in [0.05, 0.1) is 6.10 Å². The molecule has 0 amide bonds. The van der Waals surface area contributed by atoms with E-state index in [0.29, 0.717) is 11.9 Å². The fourth-order valence-electron chi connectivity index (χ4n) is 2.85. The van der Waals surface area contributed by atoms with Crippen molar-refractivity contribution in [3.63, 3.8) is 0 Å². The van der Waals surface area contributed by atoms with E-state index in [1.165, 1.54) is 25.9 Å². The van der Waals surface area contributed by atoms with Crippen LogP contribution in [0.4, 0.5) is 6.01 Å². The van der Waals surface area contributed by atoms with Gasteiger partial charge in [-0.2, -0.15) is 0 Å². The minimum Gasteiger partial charge on any atom is -0.408 e. The van der Waals surface area contributed by atoms with Crippen LogP contribution in [0.1, 0.15) is 25.2 Å². The molecule has 0 aliphatic carbocycles. The van der Waals surface area contributed by atoms with Crippen molar-refractivity contribution in [3.05, 3.63) is 5.89 Å². The minimum atomic E-state index is 0.243. The molecule has 1 atom stereocenters. The zero-order valence-electron chi connectivity index (χ0n) is 11.5. The fourth-order valence-corrected chi connectivity index (χ4v) is 2.85. The number of rotatable bonds is 3. The van der Waals surface area contributed by atoms with Crippen molar-refractivity contribution in [2.75, 3.05) is 44.2 Å². The fraction of sp³-hybridized carbons (Fsp3) is 0.846. The van der Waals surface area contributed by atoms with Crippen LogP contribution >= 0.6 is 0 Å². The molecule has 2 fully saturated rings. The maximum absolute atomic E-state index is 5.95. The molecule has 3 heterocycles. The molecule has 106 valence electrons. The first-order valence-corrected chi connectivity index (χ1v) is 7.20. The molecule has 3 rings (SSSR count). The van der Waals surface area contributed by atoms with Crippen molar-refractivity contribution in [2.24, 2.45) is 0 Å². The lowest BCUT2D eigenvalue weighted by atomic mass is 10.3. The number of hydrogen-bond acceptors (Lipinski definition) is 6. The summed E-state index contributed by atoms with van der Waals surface area (Å²) in [6.45, 7) is 7.85. The third-order valence-electron chi connectivity index (χ3n) is 3.80. The maximum atomic E-state index is 5.95.